The summed E-state index contributed by atoms with van der Waals surface area (Å²) >= 11 is 5.58. The molecule has 0 radical (unpaired) electrons. The molecule has 7 aromatic carbocycles. The first kappa shape index (κ1) is 33.3. The van der Waals surface area contributed by atoms with Crippen molar-refractivity contribution < 1.29 is 9.31 Å². The minimum Gasteiger partial charge on any atom is -0.399 e. The van der Waals surface area contributed by atoms with Crippen molar-refractivity contribution in [1.29, 1.82) is 0 Å². The van der Waals surface area contributed by atoms with Gasteiger partial charge >= 0.3 is 7.12 Å². The van der Waals surface area contributed by atoms with E-state index >= 15 is 0 Å². The van der Waals surface area contributed by atoms with E-state index in [0.717, 1.165) is 22.5 Å². The molecule has 11 rings (SSSR count). The Morgan fingerprint density at radius 2 is 0.982 bits per heavy atom. The van der Waals surface area contributed by atoms with Crippen LogP contribution in [0.15, 0.2) is 146 Å². The van der Waals surface area contributed by atoms with Gasteiger partial charge in [0.25, 0.3) is 0 Å². The first-order valence-corrected chi connectivity index (χ1v) is 21.2. The average Bonchev–Trinajstić information content (AvgIpc) is 3.93. The Morgan fingerprint density at radius 1 is 0.436 bits per heavy atom. The summed E-state index contributed by atoms with van der Waals surface area (Å²) in [6.45, 7) is 8.45. The SMILES string of the molecule is CC1(C)OB(c2ccc3sc4ccc(-c5cc(N(c6ccccc6)c6ccc7sc8ccccc8c7c6)cc6c5sc5ccccc56)cc4c3c2)OC1(C)C. The highest BCUT2D eigenvalue weighted by atomic mass is 32.1. The maximum absolute atomic E-state index is 6.48. The fourth-order valence-corrected chi connectivity index (χ4v) is 11.5. The summed E-state index contributed by atoms with van der Waals surface area (Å²) in [7, 11) is -0.405. The lowest BCUT2D eigenvalue weighted by Gasteiger charge is -2.32. The van der Waals surface area contributed by atoms with Gasteiger partial charge in [-0.3, -0.25) is 0 Å². The molecule has 55 heavy (non-hydrogen) atoms. The minimum atomic E-state index is -0.405. The van der Waals surface area contributed by atoms with Crippen LogP contribution in [-0.4, -0.2) is 18.3 Å². The number of hydrogen-bond acceptors (Lipinski definition) is 6. The topological polar surface area (TPSA) is 21.7 Å². The number of fused-ring (bicyclic) bond motifs is 9. The van der Waals surface area contributed by atoms with E-state index in [2.05, 4.69) is 178 Å². The van der Waals surface area contributed by atoms with Crippen molar-refractivity contribution in [3.63, 3.8) is 0 Å². The molecule has 1 aliphatic heterocycles. The van der Waals surface area contributed by atoms with Crippen LogP contribution in [0, 0.1) is 0 Å². The fraction of sp³-hybridized carbons (Fsp3) is 0.125. The standard InChI is InChI=1S/C48H36BNO2S3/c1-47(2)48(3,4)52-49(51-47)30-19-22-44-38(25-30)37-24-29(18-21-43(37)54-44)36-27-33(28-40-35-15-9-11-17-42(35)55-46(36)40)50(31-12-6-5-7-13-31)32-20-23-45-39(26-32)34-14-8-10-16-41(34)53-45/h5-28H,1-4H3. The van der Waals surface area contributed by atoms with Crippen LogP contribution in [-0.2, 0) is 9.31 Å². The Kier molecular flexibility index (Phi) is 7.42. The van der Waals surface area contributed by atoms with E-state index in [1.54, 1.807) is 0 Å². The van der Waals surface area contributed by atoms with Crippen molar-refractivity contribution in [2.45, 2.75) is 38.9 Å². The maximum Gasteiger partial charge on any atom is 0.494 e. The third-order valence-electron chi connectivity index (χ3n) is 11.7. The molecule has 10 aromatic rings. The highest BCUT2D eigenvalue weighted by Crippen LogP contribution is 2.48. The normalized spacial score (nSPS) is 15.4. The van der Waals surface area contributed by atoms with Crippen molar-refractivity contribution in [3.8, 4) is 11.1 Å². The summed E-state index contributed by atoms with van der Waals surface area (Å²) in [5.41, 5.74) is 6.11. The van der Waals surface area contributed by atoms with Crippen LogP contribution in [0.1, 0.15) is 27.7 Å². The molecule has 0 aliphatic carbocycles. The molecular formula is C48H36BNO2S3. The quantitative estimate of drug-likeness (QED) is 0.163. The van der Waals surface area contributed by atoms with Gasteiger partial charge in [-0.15, -0.1) is 34.0 Å². The van der Waals surface area contributed by atoms with Crippen LogP contribution in [0.2, 0.25) is 0 Å². The molecule has 0 saturated carbocycles. The summed E-state index contributed by atoms with van der Waals surface area (Å²) in [5.74, 6) is 0. The zero-order valence-corrected chi connectivity index (χ0v) is 33.4. The molecule has 4 heterocycles. The number of anilines is 3. The largest absolute Gasteiger partial charge is 0.494 e. The Balaban J connectivity index is 1.12. The third-order valence-corrected chi connectivity index (χ3v) is 15.2. The van der Waals surface area contributed by atoms with Gasteiger partial charge in [0.1, 0.15) is 0 Å². The minimum absolute atomic E-state index is 0.395. The smallest absolute Gasteiger partial charge is 0.399 e. The molecule has 0 bridgehead atoms. The van der Waals surface area contributed by atoms with E-state index in [1.165, 1.54) is 71.6 Å². The molecule has 3 aromatic heterocycles. The van der Waals surface area contributed by atoms with Crippen molar-refractivity contribution in [2.75, 3.05) is 4.90 Å². The number of rotatable bonds is 5. The molecule has 1 fully saturated rings. The van der Waals surface area contributed by atoms with Gasteiger partial charge in [0.15, 0.2) is 0 Å². The maximum atomic E-state index is 6.48. The van der Waals surface area contributed by atoms with Gasteiger partial charge in [-0.25, -0.2) is 0 Å². The monoisotopic (exact) mass is 765 g/mol. The van der Waals surface area contributed by atoms with Gasteiger partial charge in [0, 0.05) is 77.8 Å². The summed E-state index contributed by atoms with van der Waals surface area (Å²) in [6.07, 6.45) is 0. The zero-order valence-electron chi connectivity index (χ0n) is 30.9. The summed E-state index contributed by atoms with van der Waals surface area (Å²) < 4.78 is 20.7. The third kappa shape index (κ3) is 5.29. The van der Waals surface area contributed by atoms with Gasteiger partial charge in [-0.2, -0.15) is 0 Å². The molecule has 3 nitrogen and oxygen atoms in total. The molecule has 0 N–H and O–H groups in total. The van der Waals surface area contributed by atoms with E-state index in [0.29, 0.717) is 0 Å². The zero-order chi connectivity index (χ0) is 37.1. The van der Waals surface area contributed by atoms with E-state index in [9.17, 15) is 0 Å². The highest BCUT2D eigenvalue weighted by Gasteiger charge is 2.51. The highest BCUT2D eigenvalue weighted by molar-refractivity contribution is 7.27. The predicted octanol–water partition coefficient (Wildman–Crippen LogP) is 14.2. The van der Waals surface area contributed by atoms with Gasteiger partial charge in [-0.1, -0.05) is 72.8 Å². The second-order valence-electron chi connectivity index (χ2n) is 15.6. The van der Waals surface area contributed by atoms with Crippen molar-refractivity contribution >= 4 is 124 Å². The van der Waals surface area contributed by atoms with Crippen molar-refractivity contribution in [2.24, 2.45) is 0 Å². The van der Waals surface area contributed by atoms with Crippen LogP contribution in [0.4, 0.5) is 17.1 Å². The van der Waals surface area contributed by atoms with Crippen molar-refractivity contribution in [1.82, 2.24) is 0 Å². The van der Waals surface area contributed by atoms with E-state index in [4.69, 9.17) is 9.31 Å². The average molecular weight is 766 g/mol. The van der Waals surface area contributed by atoms with Gasteiger partial charge in [0.05, 0.1) is 11.2 Å². The second-order valence-corrected chi connectivity index (χ2v) is 18.8. The molecule has 7 heteroatoms. The summed E-state index contributed by atoms with van der Waals surface area (Å²) in [6, 6.07) is 53.8. The predicted molar refractivity (Wildman–Crippen MR) is 241 cm³/mol. The van der Waals surface area contributed by atoms with Crippen LogP contribution in [0.5, 0.6) is 0 Å². The Labute approximate surface area is 332 Å². The Morgan fingerprint density at radius 3 is 1.71 bits per heavy atom. The van der Waals surface area contributed by atoms with Crippen LogP contribution in [0.25, 0.3) is 71.6 Å². The molecule has 266 valence electrons. The Hall–Kier alpha value is -5.02. The molecule has 1 aliphatic rings. The first-order valence-electron chi connectivity index (χ1n) is 18.7. The van der Waals surface area contributed by atoms with Crippen molar-refractivity contribution in [3.05, 3.63) is 146 Å². The van der Waals surface area contributed by atoms with Gasteiger partial charge in [-0.05, 0) is 117 Å². The summed E-state index contributed by atoms with van der Waals surface area (Å²) in [4.78, 5) is 2.43. The lowest BCUT2D eigenvalue weighted by atomic mass is 9.78. The molecule has 0 unspecified atom stereocenters. The number of benzene rings is 7. The molecule has 0 spiro atoms. The lowest BCUT2D eigenvalue weighted by molar-refractivity contribution is 0.00578. The molecule has 0 amide bonds. The van der Waals surface area contributed by atoms with E-state index in [1.807, 2.05) is 34.0 Å². The molecule has 0 atom stereocenters. The summed E-state index contributed by atoms with van der Waals surface area (Å²) in [5, 5.41) is 7.64. The van der Waals surface area contributed by atoms with Gasteiger partial charge < -0.3 is 14.2 Å². The number of thiophene rings is 3. The molecular weight excluding hydrogens is 730 g/mol. The number of nitrogens with zero attached hydrogens (tertiary/aromatic N) is 1. The van der Waals surface area contributed by atoms with Crippen LogP contribution < -0.4 is 10.4 Å². The number of para-hydroxylation sites is 1. The van der Waals surface area contributed by atoms with Crippen LogP contribution >= 0.6 is 34.0 Å². The fourth-order valence-electron chi connectivity index (χ4n) is 8.12. The molecule has 1 saturated heterocycles. The first-order chi connectivity index (χ1) is 26.7. The van der Waals surface area contributed by atoms with Gasteiger partial charge in [0.2, 0.25) is 0 Å². The lowest BCUT2D eigenvalue weighted by Crippen LogP contribution is -2.41. The Bertz CT molecular complexity index is 3120. The second kappa shape index (κ2) is 12.2. The number of hydrogen-bond donors (Lipinski definition) is 0. The van der Waals surface area contributed by atoms with Crippen LogP contribution in [0.3, 0.4) is 0 Å². The van der Waals surface area contributed by atoms with E-state index < -0.39 is 18.3 Å². The van der Waals surface area contributed by atoms with E-state index in [-0.39, 0.29) is 0 Å².